The number of nitrogens with two attached hydrogens (primary N) is 1. The average molecular weight is 233 g/mol. The van der Waals surface area contributed by atoms with Crippen molar-refractivity contribution in [2.75, 3.05) is 13.2 Å². The van der Waals surface area contributed by atoms with Crippen molar-refractivity contribution >= 4 is 0 Å². The second-order valence-corrected chi connectivity index (χ2v) is 5.43. The van der Waals surface area contributed by atoms with E-state index in [0.29, 0.717) is 5.92 Å². The van der Waals surface area contributed by atoms with Crippen molar-refractivity contribution in [1.29, 1.82) is 0 Å². The summed E-state index contributed by atoms with van der Waals surface area (Å²) < 4.78 is 5.40. The van der Waals surface area contributed by atoms with E-state index in [2.05, 4.69) is 11.9 Å². The van der Waals surface area contributed by atoms with Crippen molar-refractivity contribution in [2.24, 2.45) is 5.73 Å². The van der Waals surface area contributed by atoms with E-state index >= 15 is 0 Å². The molecule has 2 heterocycles. The molecule has 1 aromatic heterocycles. The van der Waals surface area contributed by atoms with Crippen molar-refractivity contribution in [3.8, 4) is 0 Å². The van der Waals surface area contributed by atoms with E-state index in [4.69, 9.17) is 15.5 Å². The van der Waals surface area contributed by atoms with Crippen molar-refractivity contribution in [3.63, 3.8) is 0 Å². The van der Waals surface area contributed by atoms with Crippen LogP contribution in [0.25, 0.3) is 0 Å². The van der Waals surface area contributed by atoms with Crippen LogP contribution in [0.3, 0.4) is 0 Å². The Balaban J connectivity index is 1.98. The summed E-state index contributed by atoms with van der Waals surface area (Å²) in [4.78, 5) is 9.22. The Bertz CT molecular complexity index is 425. The van der Waals surface area contributed by atoms with Crippen molar-refractivity contribution in [1.82, 2.24) is 9.97 Å². The highest BCUT2D eigenvalue weighted by Gasteiger charge is 2.31. The molecule has 0 saturated carbocycles. The summed E-state index contributed by atoms with van der Waals surface area (Å²) in [6.07, 6.45) is 6.21. The van der Waals surface area contributed by atoms with Crippen LogP contribution in [0.4, 0.5) is 0 Å². The molecule has 4 nitrogen and oxygen atoms in total. The van der Waals surface area contributed by atoms with Crippen LogP contribution < -0.4 is 5.73 Å². The fourth-order valence-electron chi connectivity index (χ4n) is 2.80. The molecule has 92 valence electrons. The first-order valence-electron chi connectivity index (χ1n) is 6.40. The van der Waals surface area contributed by atoms with Gasteiger partial charge in [0.1, 0.15) is 5.82 Å². The Labute approximate surface area is 102 Å². The van der Waals surface area contributed by atoms with Gasteiger partial charge in [-0.2, -0.15) is 0 Å². The second kappa shape index (κ2) is 4.03. The van der Waals surface area contributed by atoms with Crippen LogP contribution >= 0.6 is 0 Å². The molecule has 1 saturated heterocycles. The standard InChI is InChI=1S/C13H19N3O/c1-13(14)5-2-3-9-7-15-12(16-11(9)13)10-4-6-17-8-10/h7,10H,2-6,8,14H2,1H3. The minimum Gasteiger partial charge on any atom is -0.381 e. The molecule has 0 amide bonds. The van der Waals surface area contributed by atoms with Crippen LogP contribution in [0.15, 0.2) is 6.20 Å². The first kappa shape index (κ1) is 11.1. The maximum Gasteiger partial charge on any atom is 0.134 e. The lowest BCUT2D eigenvalue weighted by atomic mass is 9.82. The number of hydrogen-bond donors (Lipinski definition) is 1. The number of aryl methyl sites for hydroxylation is 1. The van der Waals surface area contributed by atoms with E-state index in [1.54, 1.807) is 0 Å². The fourth-order valence-corrected chi connectivity index (χ4v) is 2.80. The van der Waals surface area contributed by atoms with Crippen LogP contribution in [0.2, 0.25) is 0 Å². The van der Waals surface area contributed by atoms with Crippen LogP contribution in [-0.2, 0) is 16.7 Å². The summed E-state index contributed by atoms with van der Waals surface area (Å²) in [6, 6.07) is 0. The van der Waals surface area contributed by atoms with E-state index in [1.807, 2.05) is 6.20 Å². The highest BCUT2D eigenvalue weighted by Crippen LogP contribution is 2.32. The normalized spacial score (nSPS) is 32.5. The third-order valence-corrected chi connectivity index (χ3v) is 3.86. The number of ether oxygens (including phenoxy) is 1. The topological polar surface area (TPSA) is 61.0 Å². The van der Waals surface area contributed by atoms with E-state index in [-0.39, 0.29) is 5.54 Å². The monoisotopic (exact) mass is 233 g/mol. The predicted molar refractivity (Wildman–Crippen MR) is 64.7 cm³/mol. The summed E-state index contributed by atoms with van der Waals surface area (Å²) in [5.74, 6) is 1.28. The number of rotatable bonds is 1. The molecule has 3 rings (SSSR count). The Kier molecular flexibility index (Phi) is 2.64. The van der Waals surface area contributed by atoms with Gasteiger partial charge >= 0.3 is 0 Å². The maximum absolute atomic E-state index is 6.34. The molecular weight excluding hydrogens is 214 g/mol. The van der Waals surface area contributed by atoms with Gasteiger partial charge in [0.05, 0.1) is 17.8 Å². The lowest BCUT2D eigenvalue weighted by molar-refractivity contribution is 0.193. The Morgan fingerprint density at radius 1 is 1.53 bits per heavy atom. The predicted octanol–water partition coefficient (Wildman–Crippen LogP) is 1.49. The molecule has 17 heavy (non-hydrogen) atoms. The van der Waals surface area contributed by atoms with Gasteiger partial charge in [0, 0.05) is 18.7 Å². The van der Waals surface area contributed by atoms with E-state index in [0.717, 1.165) is 50.4 Å². The van der Waals surface area contributed by atoms with E-state index in [9.17, 15) is 0 Å². The van der Waals surface area contributed by atoms with Gasteiger partial charge in [-0.3, -0.25) is 0 Å². The van der Waals surface area contributed by atoms with Gasteiger partial charge in [-0.1, -0.05) is 0 Å². The van der Waals surface area contributed by atoms with Crippen LogP contribution in [-0.4, -0.2) is 23.2 Å². The number of nitrogens with zero attached hydrogens (tertiary/aromatic N) is 2. The molecule has 1 aromatic rings. The minimum atomic E-state index is -0.287. The highest BCUT2D eigenvalue weighted by molar-refractivity contribution is 5.28. The molecule has 0 radical (unpaired) electrons. The van der Waals surface area contributed by atoms with Crippen LogP contribution in [0.5, 0.6) is 0 Å². The second-order valence-electron chi connectivity index (χ2n) is 5.43. The van der Waals surface area contributed by atoms with Gasteiger partial charge < -0.3 is 10.5 Å². The van der Waals surface area contributed by atoms with Gasteiger partial charge in [0.25, 0.3) is 0 Å². The van der Waals surface area contributed by atoms with Crippen molar-refractivity contribution < 1.29 is 4.74 Å². The SMILES string of the molecule is CC1(N)CCCc2cnc(C3CCOC3)nc21. The summed E-state index contributed by atoms with van der Waals surface area (Å²) in [7, 11) is 0. The first-order chi connectivity index (χ1) is 8.17. The minimum absolute atomic E-state index is 0.287. The molecule has 2 unspecified atom stereocenters. The van der Waals surface area contributed by atoms with Gasteiger partial charge in [0.2, 0.25) is 0 Å². The number of aromatic nitrogens is 2. The van der Waals surface area contributed by atoms with Crippen molar-refractivity contribution in [2.45, 2.75) is 44.1 Å². The third kappa shape index (κ3) is 1.96. The number of hydrogen-bond acceptors (Lipinski definition) is 4. The molecule has 2 N–H and O–H groups in total. The summed E-state index contributed by atoms with van der Waals surface area (Å²) >= 11 is 0. The summed E-state index contributed by atoms with van der Waals surface area (Å²) in [5, 5.41) is 0. The smallest absolute Gasteiger partial charge is 0.134 e. The molecular formula is C13H19N3O. The molecule has 2 atom stereocenters. The van der Waals surface area contributed by atoms with Gasteiger partial charge in [0.15, 0.2) is 0 Å². The third-order valence-electron chi connectivity index (χ3n) is 3.86. The molecule has 0 spiro atoms. The van der Waals surface area contributed by atoms with E-state index < -0.39 is 0 Å². The van der Waals surface area contributed by atoms with Crippen LogP contribution in [0, 0.1) is 0 Å². The zero-order valence-electron chi connectivity index (χ0n) is 10.3. The lowest BCUT2D eigenvalue weighted by Gasteiger charge is -2.31. The highest BCUT2D eigenvalue weighted by atomic mass is 16.5. The van der Waals surface area contributed by atoms with Crippen LogP contribution in [0.1, 0.15) is 49.2 Å². The Morgan fingerprint density at radius 2 is 2.41 bits per heavy atom. The fraction of sp³-hybridized carbons (Fsp3) is 0.692. The Morgan fingerprint density at radius 3 is 3.18 bits per heavy atom. The summed E-state index contributed by atoms with van der Waals surface area (Å²) in [6.45, 7) is 3.65. The Hall–Kier alpha value is -1.00. The zero-order chi connectivity index (χ0) is 11.9. The molecule has 1 aliphatic carbocycles. The van der Waals surface area contributed by atoms with Crippen molar-refractivity contribution in [3.05, 3.63) is 23.3 Å². The molecule has 0 bridgehead atoms. The lowest BCUT2D eigenvalue weighted by Crippen LogP contribution is -2.38. The molecule has 2 aliphatic rings. The largest absolute Gasteiger partial charge is 0.381 e. The average Bonchev–Trinajstić information content (AvgIpc) is 2.82. The first-order valence-corrected chi connectivity index (χ1v) is 6.40. The van der Waals surface area contributed by atoms with Gasteiger partial charge in [-0.05, 0) is 38.2 Å². The zero-order valence-corrected chi connectivity index (χ0v) is 10.3. The molecule has 0 aromatic carbocycles. The van der Waals surface area contributed by atoms with Gasteiger partial charge in [-0.15, -0.1) is 0 Å². The molecule has 1 aliphatic heterocycles. The number of fused-ring (bicyclic) bond motifs is 1. The quantitative estimate of drug-likeness (QED) is 0.798. The molecule has 4 heteroatoms. The van der Waals surface area contributed by atoms with E-state index in [1.165, 1.54) is 5.56 Å². The summed E-state index contributed by atoms with van der Waals surface area (Å²) in [5.41, 5.74) is 8.33. The molecule has 1 fully saturated rings. The maximum atomic E-state index is 6.34. The van der Waals surface area contributed by atoms with Gasteiger partial charge in [-0.25, -0.2) is 9.97 Å².